The van der Waals surface area contributed by atoms with Crippen molar-refractivity contribution < 1.29 is 4.79 Å². The Bertz CT molecular complexity index is 740. The third-order valence-corrected chi connectivity index (χ3v) is 3.62. The van der Waals surface area contributed by atoms with Crippen LogP contribution in [0.3, 0.4) is 0 Å². The Hall–Kier alpha value is -2.59. The van der Waals surface area contributed by atoms with Crippen molar-refractivity contribution in [3.8, 4) is 11.1 Å². The monoisotopic (exact) mass is 323 g/mol. The average molecular weight is 323 g/mol. The molecule has 0 heterocycles. The van der Waals surface area contributed by atoms with Gasteiger partial charge in [-0.05, 0) is 51.0 Å². The van der Waals surface area contributed by atoms with E-state index in [0.29, 0.717) is 5.56 Å². The van der Waals surface area contributed by atoms with E-state index in [-0.39, 0.29) is 5.54 Å². The Kier molecular flexibility index (Phi) is 5.42. The fourth-order valence-electron chi connectivity index (χ4n) is 2.65. The largest absolute Gasteiger partial charge is 0.366 e. The van der Waals surface area contributed by atoms with Crippen LogP contribution in [0.5, 0.6) is 0 Å². The third kappa shape index (κ3) is 4.96. The smallest absolute Gasteiger partial charge is 0.248 e. The third-order valence-electron chi connectivity index (χ3n) is 3.62. The fraction of sp³-hybridized carbons (Fsp3) is 0.250. The number of para-hydroxylation sites is 1. The second-order valence-corrected chi connectivity index (χ2v) is 6.79. The molecule has 0 atom stereocenters. The van der Waals surface area contributed by atoms with Gasteiger partial charge in [0.1, 0.15) is 0 Å². The predicted molar refractivity (Wildman–Crippen MR) is 101 cm³/mol. The van der Waals surface area contributed by atoms with Crippen LogP contribution in [0.1, 0.15) is 37.6 Å². The van der Waals surface area contributed by atoms with Gasteiger partial charge < -0.3 is 16.8 Å². The normalized spacial score (nSPS) is 12.1. The highest BCUT2D eigenvalue weighted by atomic mass is 16.1. The van der Waals surface area contributed by atoms with Crippen LogP contribution >= 0.6 is 0 Å². The minimum Gasteiger partial charge on any atom is -0.366 e. The molecule has 0 aliphatic carbocycles. The number of benzene rings is 2. The molecule has 0 aliphatic heterocycles. The van der Waals surface area contributed by atoms with E-state index in [0.717, 1.165) is 23.2 Å². The van der Waals surface area contributed by atoms with E-state index >= 15 is 0 Å². The minimum atomic E-state index is -0.420. The zero-order valence-corrected chi connectivity index (χ0v) is 14.5. The van der Waals surface area contributed by atoms with Crippen molar-refractivity contribution in [1.82, 2.24) is 0 Å². The topological polar surface area (TPSA) is 81.1 Å². The molecule has 2 aromatic rings. The molecule has 24 heavy (non-hydrogen) atoms. The molecule has 1 amide bonds. The molecule has 0 spiro atoms. The van der Waals surface area contributed by atoms with Gasteiger partial charge in [-0.1, -0.05) is 35.9 Å². The van der Waals surface area contributed by atoms with Gasteiger partial charge in [-0.3, -0.25) is 4.79 Å². The molecule has 5 N–H and O–H groups in total. The number of carbonyl (C=O) groups is 1. The highest BCUT2D eigenvalue weighted by Gasteiger charge is 2.11. The maximum atomic E-state index is 11.2. The van der Waals surface area contributed by atoms with Gasteiger partial charge in [0.15, 0.2) is 0 Å². The summed E-state index contributed by atoms with van der Waals surface area (Å²) in [5, 5.41) is 3.36. The second-order valence-electron chi connectivity index (χ2n) is 6.79. The molecule has 0 unspecified atom stereocenters. The summed E-state index contributed by atoms with van der Waals surface area (Å²) in [5.41, 5.74) is 15.9. The first kappa shape index (κ1) is 17.8. The molecule has 4 heteroatoms. The quantitative estimate of drug-likeness (QED) is 0.754. The minimum absolute atomic E-state index is 0.230. The lowest BCUT2D eigenvalue weighted by atomic mass is 9.97. The number of anilines is 1. The lowest BCUT2D eigenvalue weighted by Crippen LogP contribution is -2.31. The van der Waals surface area contributed by atoms with Crippen LogP contribution < -0.4 is 16.8 Å². The standard InChI is InChI=1S/C20H25N3O/c1-14(12-20(2,3)22)13-23-18-7-5-4-6-17(18)15-8-10-16(11-9-15)19(21)24/h4-11,13,23H,12,22H2,1-3H3,(H2,21,24)/b14-13+. The lowest BCUT2D eigenvalue weighted by molar-refractivity contribution is 0.100. The van der Waals surface area contributed by atoms with Gasteiger partial charge in [0, 0.05) is 28.6 Å². The first-order valence-electron chi connectivity index (χ1n) is 7.96. The Morgan fingerprint density at radius 3 is 2.33 bits per heavy atom. The summed E-state index contributed by atoms with van der Waals surface area (Å²) in [7, 11) is 0. The van der Waals surface area contributed by atoms with Gasteiger partial charge in [-0.2, -0.15) is 0 Å². The number of primary amides is 1. The lowest BCUT2D eigenvalue weighted by Gasteiger charge is -2.19. The molecule has 0 aromatic heterocycles. The summed E-state index contributed by atoms with van der Waals surface area (Å²) in [4.78, 5) is 11.2. The molecule has 4 nitrogen and oxygen atoms in total. The Morgan fingerprint density at radius 1 is 1.12 bits per heavy atom. The maximum absolute atomic E-state index is 11.2. The van der Waals surface area contributed by atoms with E-state index in [1.165, 1.54) is 5.57 Å². The van der Waals surface area contributed by atoms with Gasteiger partial charge in [0.05, 0.1) is 0 Å². The number of nitrogens with two attached hydrogens (primary N) is 2. The number of hydrogen-bond acceptors (Lipinski definition) is 3. The van der Waals surface area contributed by atoms with E-state index in [1.807, 2.05) is 56.4 Å². The van der Waals surface area contributed by atoms with Crippen LogP contribution in [0.25, 0.3) is 11.1 Å². The Labute approximate surface area is 143 Å². The van der Waals surface area contributed by atoms with E-state index < -0.39 is 5.91 Å². The molecule has 0 saturated heterocycles. The van der Waals surface area contributed by atoms with Gasteiger partial charge in [0.2, 0.25) is 5.91 Å². The van der Waals surface area contributed by atoms with E-state index in [1.54, 1.807) is 12.1 Å². The van der Waals surface area contributed by atoms with Gasteiger partial charge >= 0.3 is 0 Å². The fourth-order valence-corrected chi connectivity index (χ4v) is 2.65. The zero-order chi connectivity index (χ0) is 17.7. The molecule has 0 radical (unpaired) electrons. The van der Waals surface area contributed by atoms with E-state index in [2.05, 4.69) is 12.2 Å². The van der Waals surface area contributed by atoms with Crippen molar-refractivity contribution >= 4 is 11.6 Å². The van der Waals surface area contributed by atoms with Crippen LogP contribution in [-0.2, 0) is 0 Å². The second kappa shape index (κ2) is 7.32. The van der Waals surface area contributed by atoms with Crippen LogP contribution in [0.4, 0.5) is 5.69 Å². The van der Waals surface area contributed by atoms with Crippen LogP contribution in [0.15, 0.2) is 60.3 Å². The first-order valence-corrected chi connectivity index (χ1v) is 7.96. The molecule has 2 rings (SSSR count). The van der Waals surface area contributed by atoms with E-state index in [4.69, 9.17) is 11.5 Å². The number of nitrogens with one attached hydrogen (secondary N) is 1. The summed E-state index contributed by atoms with van der Waals surface area (Å²) in [6, 6.07) is 15.3. The van der Waals surface area contributed by atoms with Crippen molar-refractivity contribution in [2.24, 2.45) is 11.5 Å². The SMILES string of the molecule is C/C(=C\Nc1ccccc1-c1ccc(C(N)=O)cc1)CC(C)(C)N. The van der Waals surface area contributed by atoms with Gasteiger partial charge in [-0.25, -0.2) is 0 Å². The van der Waals surface area contributed by atoms with Crippen molar-refractivity contribution in [3.63, 3.8) is 0 Å². The molecule has 0 saturated carbocycles. The summed E-state index contributed by atoms with van der Waals surface area (Å²) in [6.07, 6.45) is 2.81. The van der Waals surface area contributed by atoms with Crippen LogP contribution in [0.2, 0.25) is 0 Å². The molecule has 0 aliphatic rings. The summed E-state index contributed by atoms with van der Waals surface area (Å²) >= 11 is 0. The first-order chi connectivity index (χ1) is 11.3. The average Bonchev–Trinajstić information content (AvgIpc) is 2.52. The summed E-state index contributed by atoms with van der Waals surface area (Å²) in [5.74, 6) is -0.420. The Morgan fingerprint density at radius 2 is 1.75 bits per heavy atom. The summed E-state index contributed by atoms with van der Waals surface area (Å²) in [6.45, 7) is 6.09. The number of amides is 1. The molecule has 0 bridgehead atoms. The molecule has 0 fully saturated rings. The summed E-state index contributed by atoms with van der Waals surface area (Å²) < 4.78 is 0. The number of carbonyl (C=O) groups excluding carboxylic acids is 1. The number of hydrogen-bond donors (Lipinski definition) is 3. The van der Waals surface area contributed by atoms with Crippen molar-refractivity contribution in [2.45, 2.75) is 32.7 Å². The molecule has 126 valence electrons. The van der Waals surface area contributed by atoms with Gasteiger partial charge in [-0.15, -0.1) is 0 Å². The van der Waals surface area contributed by atoms with Crippen molar-refractivity contribution in [1.29, 1.82) is 0 Å². The van der Waals surface area contributed by atoms with Crippen LogP contribution in [-0.4, -0.2) is 11.4 Å². The molecule has 2 aromatic carbocycles. The zero-order valence-electron chi connectivity index (χ0n) is 14.5. The van der Waals surface area contributed by atoms with Crippen molar-refractivity contribution in [2.75, 3.05) is 5.32 Å². The number of rotatable bonds is 6. The molecular formula is C20H25N3O. The highest BCUT2D eigenvalue weighted by molar-refractivity contribution is 5.93. The maximum Gasteiger partial charge on any atom is 0.248 e. The van der Waals surface area contributed by atoms with Crippen molar-refractivity contribution in [3.05, 3.63) is 65.9 Å². The van der Waals surface area contributed by atoms with Crippen LogP contribution in [0, 0.1) is 0 Å². The Balaban J connectivity index is 2.24. The highest BCUT2D eigenvalue weighted by Crippen LogP contribution is 2.28. The molecular weight excluding hydrogens is 298 g/mol. The van der Waals surface area contributed by atoms with E-state index in [9.17, 15) is 4.79 Å². The van der Waals surface area contributed by atoms with Gasteiger partial charge in [0.25, 0.3) is 0 Å². The predicted octanol–water partition coefficient (Wildman–Crippen LogP) is 3.90.